The molecule has 2 fully saturated rings. The number of nitrogens with zero attached hydrogens (tertiary/aromatic N) is 3. The SMILES string of the molecule is CC(C)[C@H]1CC[C@@H](N2CCC(n3cc(C=O)c4cccnc43)CC2)CC1. The number of pyridine rings is 1. The number of aromatic nitrogens is 2. The lowest BCUT2D eigenvalue weighted by Crippen LogP contribution is -2.43. The Morgan fingerprint density at radius 3 is 2.46 bits per heavy atom. The second-order valence-corrected chi connectivity index (χ2v) is 8.56. The van der Waals surface area contributed by atoms with E-state index in [2.05, 4.69) is 28.3 Å². The van der Waals surface area contributed by atoms with Crippen molar-refractivity contribution in [2.75, 3.05) is 13.1 Å². The fraction of sp³-hybridized carbons (Fsp3) is 0.636. The first-order chi connectivity index (χ1) is 12.7. The molecule has 0 radical (unpaired) electrons. The monoisotopic (exact) mass is 353 g/mol. The predicted octanol–water partition coefficient (Wildman–Crippen LogP) is 4.70. The number of likely N-dealkylation sites (tertiary alicyclic amines) is 1. The number of hydrogen-bond donors (Lipinski definition) is 0. The van der Waals surface area contributed by atoms with E-state index >= 15 is 0 Å². The zero-order chi connectivity index (χ0) is 18.1. The zero-order valence-corrected chi connectivity index (χ0v) is 16.1. The second-order valence-electron chi connectivity index (χ2n) is 8.56. The van der Waals surface area contributed by atoms with Gasteiger partial charge in [0.2, 0.25) is 0 Å². The summed E-state index contributed by atoms with van der Waals surface area (Å²) >= 11 is 0. The zero-order valence-electron chi connectivity index (χ0n) is 16.1. The molecule has 1 saturated carbocycles. The minimum Gasteiger partial charge on any atom is -0.329 e. The maximum atomic E-state index is 11.4. The van der Waals surface area contributed by atoms with Crippen molar-refractivity contribution in [3.05, 3.63) is 30.1 Å². The van der Waals surface area contributed by atoms with Gasteiger partial charge in [0.1, 0.15) is 5.65 Å². The fourth-order valence-electron chi connectivity index (χ4n) is 5.14. The van der Waals surface area contributed by atoms with E-state index in [1.807, 2.05) is 24.5 Å². The summed E-state index contributed by atoms with van der Waals surface area (Å²) in [6.07, 6.45) is 12.7. The van der Waals surface area contributed by atoms with E-state index in [9.17, 15) is 4.79 Å². The van der Waals surface area contributed by atoms with Crippen LogP contribution in [0.25, 0.3) is 11.0 Å². The van der Waals surface area contributed by atoms with E-state index in [1.54, 1.807) is 0 Å². The Balaban J connectivity index is 1.41. The van der Waals surface area contributed by atoms with Gasteiger partial charge in [-0.15, -0.1) is 0 Å². The van der Waals surface area contributed by atoms with Gasteiger partial charge < -0.3 is 9.47 Å². The molecule has 4 heteroatoms. The molecule has 0 aromatic carbocycles. The van der Waals surface area contributed by atoms with Crippen LogP contribution in [0, 0.1) is 11.8 Å². The maximum absolute atomic E-state index is 11.4. The molecule has 0 unspecified atom stereocenters. The minimum atomic E-state index is 0.462. The Morgan fingerprint density at radius 1 is 1.08 bits per heavy atom. The molecule has 0 spiro atoms. The average molecular weight is 354 g/mol. The molecular formula is C22H31N3O. The van der Waals surface area contributed by atoms with Gasteiger partial charge in [-0.1, -0.05) is 13.8 Å². The van der Waals surface area contributed by atoms with E-state index in [4.69, 9.17) is 0 Å². The van der Waals surface area contributed by atoms with Gasteiger partial charge in [-0.05, 0) is 62.5 Å². The van der Waals surface area contributed by atoms with Crippen molar-refractivity contribution in [2.24, 2.45) is 11.8 Å². The number of hydrogen-bond acceptors (Lipinski definition) is 3. The van der Waals surface area contributed by atoms with Crippen molar-refractivity contribution < 1.29 is 4.79 Å². The van der Waals surface area contributed by atoms with Gasteiger partial charge in [0, 0.05) is 48.5 Å². The Bertz CT molecular complexity index is 750. The molecule has 0 amide bonds. The lowest BCUT2D eigenvalue weighted by Gasteiger charge is -2.41. The standard InChI is InChI=1S/C22H31N3O/c1-16(2)17-5-7-19(8-6-17)24-12-9-20(10-13-24)25-14-18(15-26)21-4-3-11-23-22(21)25/h3-4,11,14-17,19-20H,5-10,12-13H2,1-2H3/t17-,19+. The molecule has 2 aliphatic rings. The molecule has 26 heavy (non-hydrogen) atoms. The van der Waals surface area contributed by atoms with E-state index in [1.165, 1.54) is 38.8 Å². The van der Waals surface area contributed by atoms with Crippen molar-refractivity contribution in [1.29, 1.82) is 0 Å². The van der Waals surface area contributed by atoms with E-state index in [0.29, 0.717) is 6.04 Å². The molecule has 140 valence electrons. The van der Waals surface area contributed by atoms with Crippen molar-refractivity contribution in [1.82, 2.24) is 14.5 Å². The highest BCUT2D eigenvalue weighted by atomic mass is 16.1. The third-order valence-electron chi connectivity index (χ3n) is 6.84. The van der Waals surface area contributed by atoms with Crippen molar-refractivity contribution >= 4 is 17.3 Å². The molecule has 2 aromatic heterocycles. The van der Waals surface area contributed by atoms with Crippen LogP contribution in [0.2, 0.25) is 0 Å². The quantitative estimate of drug-likeness (QED) is 0.748. The Morgan fingerprint density at radius 2 is 1.81 bits per heavy atom. The van der Waals surface area contributed by atoms with Gasteiger partial charge >= 0.3 is 0 Å². The molecule has 0 bridgehead atoms. The van der Waals surface area contributed by atoms with Crippen LogP contribution in [-0.4, -0.2) is 39.9 Å². The molecule has 0 N–H and O–H groups in total. The molecule has 2 aromatic rings. The van der Waals surface area contributed by atoms with Crippen molar-refractivity contribution in [2.45, 2.75) is 64.5 Å². The van der Waals surface area contributed by atoms with Crippen LogP contribution in [0.3, 0.4) is 0 Å². The highest BCUT2D eigenvalue weighted by Gasteiger charge is 2.30. The fourth-order valence-corrected chi connectivity index (χ4v) is 5.14. The molecule has 4 rings (SSSR count). The van der Waals surface area contributed by atoms with E-state index in [-0.39, 0.29) is 0 Å². The van der Waals surface area contributed by atoms with Crippen LogP contribution in [0.15, 0.2) is 24.5 Å². The van der Waals surface area contributed by atoms with Crippen LogP contribution >= 0.6 is 0 Å². The summed E-state index contributed by atoms with van der Waals surface area (Å²) in [6, 6.07) is 5.17. The Labute approximate surface area is 156 Å². The largest absolute Gasteiger partial charge is 0.329 e. The summed E-state index contributed by atoms with van der Waals surface area (Å²) in [6.45, 7) is 7.09. The maximum Gasteiger partial charge on any atom is 0.152 e. The van der Waals surface area contributed by atoms with Gasteiger partial charge in [0.05, 0.1) is 0 Å². The molecular weight excluding hydrogens is 322 g/mol. The van der Waals surface area contributed by atoms with Gasteiger partial charge in [0.25, 0.3) is 0 Å². The van der Waals surface area contributed by atoms with Crippen molar-refractivity contribution in [3.63, 3.8) is 0 Å². The summed E-state index contributed by atoms with van der Waals surface area (Å²) in [5.74, 6) is 1.77. The second kappa shape index (κ2) is 7.51. The third-order valence-corrected chi connectivity index (χ3v) is 6.84. The van der Waals surface area contributed by atoms with Crippen LogP contribution in [0.1, 0.15) is 68.8 Å². The van der Waals surface area contributed by atoms with Crippen LogP contribution in [0.4, 0.5) is 0 Å². The van der Waals surface area contributed by atoms with Gasteiger partial charge in [-0.2, -0.15) is 0 Å². The number of carbonyl (C=O) groups is 1. The van der Waals surface area contributed by atoms with E-state index in [0.717, 1.165) is 53.6 Å². The molecule has 1 aliphatic carbocycles. The molecule has 0 atom stereocenters. The number of rotatable bonds is 4. The predicted molar refractivity (Wildman–Crippen MR) is 106 cm³/mol. The lowest BCUT2D eigenvalue weighted by atomic mass is 9.79. The number of fused-ring (bicyclic) bond motifs is 1. The molecule has 3 heterocycles. The average Bonchev–Trinajstić information content (AvgIpc) is 3.07. The molecule has 1 aliphatic heterocycles. The first-order valence-corrected chi connectivity index (χ1v) is 10.3. The highest BCUT2D eigenvalue weighted by molar-refractivity contribution is 5.96. The molecule has 4 nitrogen and oxygen atoms in total. The van der Waals surface area contributed by atoms with Gasteiger partial charge in [-0.3, -0.25) is 4.79 Å². The van der Waals surface area contributed by atoms with Crippen LogP contribution in [0.5, 0.6) is 0 Å². The molecule has 1 saturated heterocycles. The van der Waals surface area contributed by atoms with Gasteiger partial charge in [0.15, 0.2) is 6.29 Å². The first-order valence-electron chi connectivity index (χ1n) is 10.3. The van der Waals surface area contributed by atoms with E-state index < -0.39 is 0 Å². The number of carbonyl (C=O) groups excluding carboxylic acids is 1. The number of piperidine rings is 1. The highest BCUT2D eigenvalue weighted by Crippen LogP contribution is 2.35. The summed E-state index contributed by atoms with van der Waals surface area (Å²) in [4.78, 5) is 18.7. The minimum absolute atomic E-state index is 0.462. The number of aldehydes is 1. The normalized spacial score (nSPS) is 25.8. The lowest BCUT2D eigenvalue weighted by molar-refractivity contribution is 0.0893. The smallest absolute Gasteiger partial charge is 0.152 e. The third kappa shape index (κ3) is 3.32. The summed E-state index contributed by atoms with van der Waals surface area (Å²) in [5.41, 5.74) is 1.73. The van der Waals surface area contributed by atoms with Crippen LogP contribution < -0.4 is 0 Å². The Kier molecular flexibility index (Phi) is 5.12. The van der Waals surface area contributed by atoms with Crippen LogP contribution in [-0.2, 0) is 0 Å². The Hall–Kier alpha value is -1.68. The van der Waals surface area contributed by atoms with Gasteiger partial charge in [-0.25, -0.2) is 4.98 Å². The summed E-state index contributed by atoms with van der Waals surface area (Å²) in [7, 11) is 0. The summed E-state index contributed by atoms with van der Waals surface area (Å²) < 4.78 is 2.26. The topological polar surface area (TPSA) is 38.1 Å². The summed E-state index contributed by atoms with van der Waals surface area (Å²) in [5, 5.41) is 0.983. The van der Waals surface area contributed by atoms with Crippen molar-refractivity contribution in [3.8, 4) is 0 Å². The first kappa shape index (κ1) is 17.7.